The van der Waals surface area contributed by atoms with Gasteiger partial charge in [0.25, 0.3) is 11.5 Å². The summed E-state index contributed by atoms with van der Waals surface area (Å²) in [7, 11) is 0. The van der Waals surface area contributed by atoms with E-state index in [-0.39, 0.29) is 31.5 Å². The van der Waals surface area contributed by atoms with Crippen LogP contribution in [0, 0.1) is 19.3 Å². The van der Waals surface area contributed by atoms with Crippen molar-refractivity contribution in [1.82, 2.24) is 14.9 Å². The monoisotopic (exact) mass is 488 g/mol. The Hall–Kier alpha value is -4.65. The second-order valence-electron chi connectivity index (χ2n) is 8.62. The fourth-order valence-corrected chi connectivity index (χ4v) is 4.42. The van der Waals surface area contributed by atoms with Gasteiger partial charge in [0.05, 0.1) is 17.4 Å². The van der Waals surface area contributed by atoms with Gasteiger partial charge in [-0.15, -0.1) is 6.42 Å². The summed E-state index contributed by atoms with van der Waals surface area (Å²) >= 11 is 0. The maximum atomic E-state index is 12.9. The molecule has 2 heterocycles. The second kappa shape index (κ2) is 9.92. The van der Waals surface area contributed by atoms with Crippen molar-refractivity contribution in [3.63, 3.8) is 0 Å². The molecule has 0 unspecified atom stereocenters. The highest BCUT2D eigenvalue weighted by atomic mass is 16.4. The van der Waals surface area contributed by atoms with Crippen LogP contribution in [0.3, 0.4) is 0 Å². The minimum Gasteiger partial charge on any atom is -0.481 e. The molecule has 1 atom stereocenters. The first-order valence-electron chi connectivity index (χ1n) is 11.2. The lowest BCUT2D eigenvalue weighted by molar-refractivity contribution is -0.143. The largest absolute Gasteiger partial charge is 0.481 e. The molecule has 2 aromatic carbocycles. The third-order valence-corrected chi connectivity index (χ3v) is 6.12. The van der Waals surface area contributed by atoms with Gasteiger partial charge in [-0.3, -0.25) is 14.4 Å². The molecule has 1 aliphatic rings. The SMILES string of the molecule is C#CCN(Cc1ccc2nc(C)[nH]c(=O)c2c1)c1ccc2c(c1)CN([C@@H](CCC(=O)O)C(=O)O)C2=O. The molecular formula is C26H24N4O6. The molecule has 0 saturated carbocycles. The quantitative estimate of drug-likeness (QED) is 0.389. The number of H-pyrrole nitrogens is 1. The number of carbonyl (C=O) groups excluding carboxylic acids is 1. The van der Waals surface area contributed by atoms with E-state index in [2.05, 4.69) is 15.9 Å². The number of aliphatic carboxylic acids is 2. The Kier molecular flexibility index (Phi) is 6.74. The van der Waals surface area contributed by atoms with E-state index in [4.69, 9.17) is 11.5 Å². The van der Waals surface area contributed by atoms with Crippen LogP contribution in [0.4, 0.5) is 5.69 Å². The molecule has 0 aliphatic carbocycles. The Morgan fingerprint density at radius 2 is 2.00 bits per heavy atom. The Bertz CT molecular complexity index is 1470. The summed E-state index contributed by atoms with van der Waals surface area (Å²) in [5.41, 5.74) is 2.95. The fraction of sp³-hybridized carbons (Fsp3) is 0.269. The summed E-state index contributed by atoms with van der Waals surface area (Å²) in [6, 6.07) is 9.34. The van der Waals surface area contributed by atoms with Gasteiger partial charge in [-0.25, -0.2) is 9.78 Å². The van der Waals surface area contributed by atoms with Crippen LogP contribution < -0.4 is 10.5 Å². The van der Waals surface area contributed by atoms with Crippen LogP contribution in [0.2, 0.25) is 0 Å². The maximum absolute atomic E-state index is 12.9. The van der Waals surface area contributed by atoms with Gasteiger partial charge < -0.3 is 25.0 Å². The van der Waals surface area contributed by atoms with E-state index >= 15 is 0 Å². The smallest absolute Gasteiger partial charge is 0.326 e. The van der Waals surface area contributed by atoms with Gasteiger partial charge in [0.15, 0.2) is 0 Å². The third kappa shape index (κ3) is 4.90. The number of rotatable bonds is 9. The topological polar surface area (TPSA) is 144 Å². The molecule has 1 aromatic heterocycles. The van der Waals surface area contributed by atoms with Crippen molar-refractivity contribution < 1.29 is 24.6 Å². The zero-order chi connectivity index (χ0) is 26.0. The number of aromatic nitrogens is 2. The van der Waals surface area contributed by atoms with Crippen molar-refractivity contribution in [2.45, 2.75) is 38.9 Å². The predicted molar refractivity (Wildman–Crippen MR) is 132 cm³/mol. The van der Waals surface area contributed by atoms with Gasteiger partial charge in [0, 0.05) is 30.8 Å². The van der Waals surface area contributed by atoms with E-state index in [1.54, 1.807) is 37.3 Å². The number of aryl methyl sites for hydroxylation is 1. The van der Waals surface area contributed by atoms with E-state index in [1.165, 1.54) is 4.90 Å². The number of nitrogens with one attached hydrogen (secondary N) is 1. The number of hydrogen-bond acceptors (Lipinski definition) is 6. The highest BCUT2D eigenvalue weighted by Gasteiger charge is 2.36. The van der Waals surface area contributed by atoms with Gasteiger partial charge in [-0.2, -0.15) is 0 Å². The summed E-state index contributed by atoms with van der Waals surface area (Å²) in [5.74, 6) is 0.332. The van der Waals surface area contributed by atoms with Crippen LogP contribution in [-0.2, 0) is 22.7 Å². The number of carbonyl (C=O) groups is 3. The van der Waals surface area contributed by atoms with Crippen LogP contribution in [0.15, 0.2) is 41.2 Å². The molecule has 0 bridgehead atoms. The predicted octanol–water partition coefficient (Wildman–Crippen LogP) is 2.15. The third-order valence-electron chi connectivity index (χ3n) is 6.12. The molecule has 1 aliphatic heterocycles. The number of carboxylic acid groups (broad SMARTS) is 2. The van der Waals surface area contributed by atoms with Gasteiger partial charge in [0.2, 0.25) is 0 Å². The molecule has 10 nitrogen and oxygen atoms in total. The summed E-state index contributed by atoms with van der Waals surface area (Å²) in [4.78, 5) is 58.1. The highest BCUT2D eigenvalue weighted by molar-refractivity contribution is 6.01. The number of anilines is 1. The van der Waals surface area contributed by atoms with Crippen molar-refractivity contribution in [1.29, 1.82) is 0 Å². The van der Waals surface area contributed by atoms with Crippen LogP contribution in [-0.4, -0.2) is 55.5 Å². The van der Waals surface area contributed by atoms with Crippen LogP contribution in [0.25, 0.3) is 10.9 Å². The molecule has 0 saturated heterocycles. The second-order valence-corrected chi connectivity index (χ2v) is 8.62. The molecule has 3 N–H and O–H groups in total. The molecule has 0 radical (unpaired) electrons. The van der Waals surface area contributed by atoms with Gasteiger partial charge in [0.1, 0.15) is 11.9 Å². The number of aromatic amines is 1. The number of amides is 1. The van der Waals surface area contributed by atoms with Crippen LogP contribution in [0.1, 0.15) is 40.2 Å². The molecule has 184 valence electrons. The minimum absolute atomic E-state index is 0.0544. The Labute approximate surface area is 206 Å². The van der Waals surface area contributed by atoms with Gasteiger partial charge in [-0.05, 0) is 54.8 Å². The van der Waals surface area contributed by atoms with Crippen molar-refractivity contribution in [2.75, 3.05) is 11.4 Å². The first-order chi connectivity index (χ1) is 17.2. The van der Waals surface area contributed by atoms with E-state index < -0.39 is 23.9 Å². The van der Waals surface area contributed by atoms with Gasteiger partial charge in [-0.1, -0.05) is 12.0 Å². The Morgan fingerprint density at radius 3 is 2.69 bits per heavy atom. The molecule has 10 heteroatoms. The van der Waals surface area contributed by atoms with Crippen molar-refractivity contribution in [3.8, 4) is 12.3 Å². The van der Waals surface area contributed by atoms with Crippen molar-refractivity contribution in [3.05, 3.63) is 69.3 Å². The fourth-order valence-electron chi connectivity index (χ4n) is 4.42. The first-order valence-corrected chi connectivity index (χ1v) is 11.2. The summed E-state index contributed by atoms with van der Waals surface area (Å²) in [5, 5.41) is 19.0. The summed E-state index contributed by atoms with van der Waals surface area (Å²) in [6.07, 6.45) is 5.06. The zero-order valence-corrected chi connectivity index (χ0v) is 19.5. The van der Waals surface area contributed by atoms with E-state index in [1.807, 2.05) is 11.0 Å². The number of benzene rings is 2. The number of carboxylic acids is 2. The molecular weight excluding hydrogens is 464 g/mol. The molecule has 0 spiro atoms. The first kappa shape index (κ1) is 24.5. The maximum Gasteiger partial charge on any atom is 0.326 e. The van der Waals surface area contributed by atoms with Crippen molar-refractivity contribution in [2.24, 2.45) is 0 Å². The van der Waals surface area contributed by atoms with Crippen LogP contribution in [0.5, 0.6) is 0 Å². The lowest BCUT2D eigenvalue weighted by Crippen LogP contribution is -2.41. The minimum atomic E-state index is -1.25. The Morgan fingerprint density at radius 1 is 1.22 bits per heavy atom. The number of fused-ring (bicyclic) bond motifs is 2. The molecule has 4 rings (SSSR count). The summed E-state index contributed by atoms with van der Waals surface area (Å²) < 4.78 is 0. The van der Waals surface area contributed by atoms with Gasteiger partial charge >= 0.3 is 11.9 Å². The number of hydrogen-bond donors (Lipinski definition) is 3. The highest BCUT2D eigenvalue weighted by Crippen LogP contribution is 2.30. The van der Waals surface area contributed by atoms with Crippen molar-refractivity contribution >= 4 is 34.4 Å². The number of terminal acetylenes is 1. The Balaban J connectivity index is 1.60. The van der Waals surface area contributed by atoms with E-state index in [0.717, 1.165) is 11.3 Å². The molecule has 0 fully saturated rings. The zero-order valence-electron chi connectivity index (χ0n) is 19.5. The summed E-state index contributed by atoms with van der Waals surface area (Å²) in [6.45, 7) is 2.42. The van der Waals surface area contributed by atoms with E-state index in [0.29, 0.717) is 34.4 Å². The molecule has 3 aromatic rings. The lowest BCUT2D eigenvalue weighted by Gasteiger charge is -2.24. The average molecular weight is 489 g/mol. The molecule has 36 heavy (non-hydrogen) atoms. The van der Waals surface area contributed by atoms with Crippen LogP contribution >= 0.6 is 0 Å². The number of nitrogens with zero attached hydrogens (tertiary/aromatic N) is 3. The van der Waals surface area contributed by atoms with E-state index in [9.17, 15) is 24.3 Å². The normalized spacial score (nSPS) is 13.3. The average Bonchev–Trinajstić information content (AvgIpc) is 3.14. The lowest BCUT2D eigenvalue weighted by atomic mass is 10.1. The molecule has 1 amide bonds. The standard InChI is InChI=1S/C26H24N4O6/c1-3-10-29(13-16-4-7-21-20(11-16)24(33)28-15(2)27-21)18-5-6-19-17(12-18)14-30(25(19)34)22(26(35)36)8-9-23(31)32/h1,4-7,11-12,22H,8-10,13-14H2,2H3,(H,31,32)(H,35,36)(H,27,28,33)/t22-/m0/s1.